The first-order valence-corrected chi connectivity index (χ1v) is 5.59. The molecule has 0 aliphatic rings. The minimum atomic E-state index is -1.12. The molecule has 0 saturated heterocycles. The summed E-state index contributed by atoms with van der Waals surface area (Å²) < 4.78 is 5.10. The zero-order valence-corrected chi connectivity index (χ0v) is 11.1. The largest absolute Gasteiger partial charge is 0.480 e. The Balaban J connectivity index is 2.88. The van der Waals surface area contributed by atoms with Gasteiger partial charge in [-0.05, 0) is 27.7 Å². The molecule has 0 aliphatic carbocycles. The predicted octanol–water partition coefficient (Wildman–Crippen LogP) is 1.08. The molecule has 1 heterocycles. The van der Waals surface area contributed by atoms with E-state index < -0.39 is 5.60 Å². The van der Waals surface area contributed by atoms with Crippen molar-refractivity contribution in [1.29, 1.82) is 0 Å². The maximum atomic E-state index is 10.4. The highest BCUT2D eigenvalue weighted by molar-refractivity contribution is 5.24. The topological polar surface area (TPSA) is 67.3 Å². The van der Waals surface area contributed by atoms with E-state index in [1.807, 2.05) is 20.8 Å². The summed E-state index contributed by atoms with van der Waals surface area (Å²) in [6.07, 6.45) is 3.08. The van der Waals surface area contributed by atoms with Gasteiger partial charge < -0.3 is 15.2 Å². The molecule has 0 saturated carbocycles. The van der Waals surface area contributed by atoms with Crippen molar-refractivity contribution in [3.8, 4) is 5.88 Å². The van der Waals surface area contributed by atoms with Crippen LogP contribution in [0.4, 0.5) is 0 Å². The van der Waals surface area contributed by atoms with Crippen LogP contribution >= 0.6 is 0 Å². The molecule has 1 aromatic rings. The second-order valence-corrected chi connectivity index (χ2v) is 5.29. The standard InChI is InChI=1S/C12H21N3O2/c1-11(2,3)15-8-12(4,16)9-10(17-5)14-7-6-13-9/h6-7,15-16H,8H2,1-5H3. The van der Waals surface area contributed by atoms with Crippen LogP contribution < -0.4 is 10.1 Å². The van der Waals surface area contributed by atoms with Gasteiger partial charge in [-0.1, -0.05) is 0 Å². The molecule has 0 aromatic carbocycles. The monoisotopic (exact) mass is 239 g/mol. The van der Waals surface area contributed by atoms with Gasteiger partial charge in [0.1, 0.15) is 11.3 Å². The van der Waals surface area contributed by atoms with Gasteiger partial charge in [0.25, 0.3) is 0 Å². The van der Waals surface area contributed by atoms with Crippen molar-refractivity contribution in [2.45, 2.75) is 38.8 Å². The van der Waals surface area contributed by atoms with E-state index in [1.165, 1.54) is 13.3 Å². The number of aliphatic hydroxyl groups is 1. The third kappa shape index (κ3) is 3.94. The van der Waals surface area contributed by atoms with E-state index in [2.05, 4.69) is 15.3 Å². The lowest BCUT2D eigenvalue weighted by Crippen LogP contribution is -2.45. The van der Waals surface area contributed by atoms with Crippen molar-refractivity contribution in [1.82, 2.24) is 15.3 Å². The van der Waals surface area contributed by atoms with Crippen LogP contribution in [0.2, 0.25) is 0 Å². The highest BCUT2D eigenvalue weighted by atomic mass is 16.5. The summed E-state index contributed by atoms with van der Waals surface area (Å²) in [5.41, 5.74) is -0.744. The van der Waals surface area contributed by atoms with Gasteiger partial charge in [-0.2, -0.15) is 0 Å². The molecule has 1 aromatic heterocycles. The van der Waals surface area contributed by atoms with E-state index in [0.29, 0.717) is 18.1 Å². The van der Waals surface area contributed by atoms with Crippen molar-refractivity contribution in [2.24, 2.45) is 0 Å². The number of nitrogens with zero attached hydrogens (tertiary/aromatic N) is 2. The van der Waals surface area contributed by atoms with Crippen LogP contribution in [0, 0.1) is 0 Å². The zero-order valence-electron chi connectivity index (χ0n) is 11.1. The summed E-state index contributed by atoms with van der Waals surface area (Å²) in [6.45, 7) is 8.19. The normalized spacial score (nSPS) is 15.4. The maximum Gasteiger partial charge on any atom is 0.238 e. The summed E-state index contributed by atoms with van der Waals surface area (Å²) >= 11 is 0. The van der Waals surface area contributed by atoms with Gasteiger partial charge in [0.15, 0.2) is 0 Å². The highest BCUT2D eigenvalue weighted by Gasteiger charge is 2.30. The number of hydrogen-bond donors (Lipinski definition) is 2. The van der Waals surface area contributed by atoms with E-state index in [0.717, 1.165) is 0 Å². The molecule has 2 N–H and O–H groups in total. The molecule has 5 nitrogen and oxygen atoms in total. The number of ether oxygens (including phenoxy) is 1. The van der Waals surface area contributed by atoms with Crippen LogP contribution in [-0.2, 0) is 5.60 Å². The summed E-state index contributed by atoms with van der Waals surface area (Å²) in [5, 5.41) is 13.7. The van der Waals surface area contributed by atoms with E-state index >= 15 is 0 Å². The number of nitrogens with one attached hydrogen (secondary N) is 1. The van der Waals surface area contributed by atoms with Crippen LogP contribution in [0.3, 0.4) is 0 Å². The predicted molar refractivity (Wildman–Crippen MR) is 65.9 cm³/mol. The van der Waals surface area contributed by atoms with E-state index in [1.54, 1.807) is 13.1 Å². The number of methoxy groups -OCH3 is 1. The molecule has 0 radical (unpaired) electrons. The minimum absolute atomic E-state index is 0.0700. The summed E-state index contributed by atoms with van der Waals surface area (Å²) in [5.74, 6) is 0.355. The van der Waals surface area contributed by atoms with Crippen molar-refractivity contribution in [2.75, 3.05) is 13.7 Å². The molecule has 5 heteroatoms. The fourth-order valence-electron chi connectivity index (χ4n) is 1.37. The van der Waals surface area contributed by atoms with Crippen molar-refractivity contribution in [3.63, 3.8) is 0 Å². The molecule has 1 atom stereocenters. The molecular weight excluding hydrogens is 218 g/mol. The van der Waals surface area contributed by atoms with E-state index in [4.69, 9.17) is 4.74 Å². The van der Waals surface area contributed by atoms with Crippen molar-refractivity contribution < 1.29 is 9.84 Å². The van der Waals surface area contributed by atoms with Crippen LogP contribution in [-0.4, -0.2) is 34.3 Å². The first kappa shape index (κ1) is 13.9. The van der Waals surface area contributed by atoms with Crippen LogP contribution in [0.1, 0.15) is 33.4 Å². The Morgan fingerprint density at radius 1 is 1.24 bits per heavy atom. The fourth-order valence-corrected chi connectivity index (χ4v) is 1.37. The first-order valence-electron chi connectivity index (χ1n) is 5.59. The second kappa shape index (κ2) is 4.98. The van der Waals surface area contributed by atoms with Crippen LogP contribution in [0.25, 0.3) is 0 Å². The Labute approximate surface area is 102 Å². The Kier molecular flexibility index (Phi) is 4.06. The highest BCUT2D eigenvalue weighted by Crippen LogP contribution is 2.25. The van der Waals surface area contributed by atoms with Crippen molar-refractivity contribution >= 4 is 0 Å². The first-order chi connectivity index (χ1) is 7.76. The van der Waals surface area contributed by atoms with Crippen LogP contribution in [0.5, 0.6) is 5.88 Å². The number of hydrogen-bond acceptors (Lipinski definition) is 5. The third-order valence-corrected chi connectivity index (χ3v) is 2.33. The number of rotatable bonds is 4. The molecule has 0 amide bonds. The lowest BCUT2D eigenvalue weighted by atomic mass is 10.00. The van der Waals surface area contributed by atoms with Gasteiger partial charge in [0.2, 0.25) is 5.88 Å². The summed E-state index contributed by atoms with van der Waals surface area (Å²) in [7, 11) is 1.51. The minimum Gasteiger partial charge on any atom is -0.480 e. The lowest BCUT2D eigenvalue weighted by molar-refractivity contribution is 0.0425. The molecule has 1 rings (SSSR count). The van der Waals surface area contributed by atoms with Gasteiger partial charge in [-0.3, -0.25) is 4.98 Å². The average Bonchev–Trinajstić information content (AvgIpc) is 2.26. The third-order valence-electron chi connectivity index (χ3n) is 2.33. The maximum absolute atomic E-state index is 10.4. The van der Waals surface area contributed by atoms with Gasteiger partial charge in [0, 0.05) is 24.5 Å². The molecule has 0 aliphatic heterocycles. The Bertz CT molecular complexity index is 372. The lowest BCUT2D eigenvalue weighted by Gasteiger charge is -2.29. The van der Waals surface area contributed by atoms with Gasteiger partial charge >= 0.3 is 0 Å². The summed E-state index contributed by atoms with van der Waals surface area (Å²) in [4.78, 5) is 8.18. The molecule has 0 spiro atoms. The molecule has 0 bridgehead atoms. The Hall–Kier alpha value is -1.20. The number of β-amino-alcohol motifs (C(OH)–C–C–N with tert-alkyl or cyclic N) is 1. The molecular formula is C12H21N3O2. The Morgan fingerprint density at radius 2 is 1.82 bits per heavy atom. The molecule has 1 unspecified atom stereocenters. The van der Waals surface area contributed by atoms with Gasteiger partial charge in [-0.15, -0.1) is 0 Å². The van der Waals surface area contributed by atoms with Gasteiger partial charge in [0.05, 0.1) is 7.11 Å². The average molecular weight is 239 g/mol. The van der Waals surface area contributed by atoms with Crippen molar-refractivity contribution in [3.05, 3.63) is 18.1 Å². The van der Waals surface area contributed by atoms with Gasteiger partial charge in [-0.25, -0.2) is 4.98 Å². The fraction of sp³-hybridized carbons (Fsp3) is 0.667. The van der Waals surface area contributed by atoms with Crippen LogP contribution in [0.15, 0.2) is 12.4 Å². The summed E-state index contributed by atoms with van der Waals surface area (Å²) in [6, 6.07) is 0. The zero-order chi connectivity index (χ0) is 13.1. The quantitative estimate of drug-likeness (QED) is 0.823. The molecule has 0 fully saturated rings. The van der Waals surface area contributed by atoms with E-state index in [9.17, 15) is 5.11 Å². The smallest absolute Gasteiger partial charge is 0.238 e. The molecule has 96 valence electrons. The van der Waals surface area contributed by atoms with E-state index in [-0.39, 0.29) is 5.54 Å². The SMILES string of the molecule is COc1nccnc1C(C)(O)CNC(C)(C)C. The second-order valence-electron chi connectivity index (χ2n) is 5.29. The molecule has 17 heavy (non-hydrogen) atoms. The number of aromatic nitrogens is 2. The Morgan fingerprint density at radius 3 is 2.35 bits per heavy atom.